The van der Waals surface area contributed by atoms with Gasteiger partial charge in [-0.2, -0.15) is 0 Å². The fourth-order valence-electron chi connectivity index (χ4n) is 2.66. The van der Waals surface area contributed by atoms with Gasteiger partial charge in [-0.1, -0.05) is 0 Å². The number of aliphatic hydroxyl groups is 1. The van der Waals surface area contributed by atoms with Crippen molar-refractivity contribution in [3.8, 4) is 5.75 Å². The van der Waals surface area contributed by atoms with Gasteiger partial charge < -0.3 is 20.5 Å². The van der Waals surface area contributed by atoms with E-state index < -0.39 is 6.10 Å². The van der Waals surface area contributed by atoms with Gasteiger partial charge in [0.1, 0.15) is 5.75 Å². The Bertz CT molecular complexity index is 444. The van der Waals surface area contributed by atoms with Crippen LogP contribution < -0.4 is 10.5 Å². The zero-order valence-electron chi connectivity index (χ0n) is 12.8. The molecule has 3 N–H and O–H groups in total. The van der Waals surface area contributed by atoms with E-state index in [-0.39, 0.29) is 12.6 Å². The van der Waals surface area contributed by atoms with Crippen LogP contribution in [-0.4, -0.2) is 43.9 Å². The molecule has 1 rings (SSSR count). The largest absolute Gasteiger partial charge is 0.496 e. The van der Waals surface area contributed by atoms with Gasteiger partial charge in [-0.05, 0) is 63.2 Å². The smallest absolute Gasteiger partial charge is 0.122 e. The van der Waals surface area contributed by atoms with Gasteiger partial charge in [0.25, 0.3) is 0 Å². The van der Waals surface area contributed by atoms with E-state index in [1.54, 1.807) is 7.11 Å². The van der Waals surface area contributed by atoms with Crippen molar-refractivity contribution < 1.29 is 9.84 Å². The Morgan fingerprint density at radius 2 is 1.84 bits per heavy atom. The van der Waals surface area contributed by atoms with Crippen LogP contribution in [0.2, 0.25) is 0 Å². The Balaban J connectivity index is 3.43. The maximum Gasteiger partial charge on any atom is 0.122 e. The van der Waals surface area contributed by atoms with Crippen molar-refractivity contribution in [2.45, 2.75) is 32.9 Å². The van der Waals surface area contributed by atoms with Crippen molar-refractivity contribution >= 4 is 0 Å². The summed E-state index contributed by atoms with van der Waals surface area (Å²) >= 11 is 0. The third kappa shape index (κ3) is 3.08. The van der Waals surface area contributed by atoms with Gasteiger partial charge in [0, 0.05) is 6.54 Å². The van der Waals surface area contributed by atoms with E-state index in [0.717, 1.165) is 28.0 Å². The number of methoxy groups -OCH3 is 1. The number of aliphatic hydroxyl groups excluding tert-OH is 1. The molecule has 0 saturated heterocycles. The lowest BCUT2D eigenvalue weighted by molar-refractivity contribution is 0.0815. The van der Waals surface area contributed by atoms with Gasteiger partial charge in [-0.25, -0.2) is 0 Å². The molecule has 0 fully saturated rings. The van der Waals surface area contributed by atoms with Gasteiger partial charge in [-0.3, -0.25) is 0 Å². The number of likely N-dealkylation sites (N-methyl/N-ethyl adjacent to an activating group) is 1. The predicted molar refractivity (Wildman–Crippen MR) is 78.7 cm³/mol. The van der Waals surface area contributed by atoms with Crippen LogP contribution in [0.15, 0.2) is 6.07 Å². The minimum Gasteiger partial charge on any atom is -0.496 e. The molecule has 19 heavy (non-hydrogen) atoms. The van der Waals surface area contributed by atoms with E-state index in [4.69, 9.17) is 10.5 Å². The molecule has 4 heteroatoms. The first-order valence-corrected chi connectivity index (χ1v) is 6.54. The third-order valence-electron chi connectivity index (χ3n) is 3.79. The second-order valence-corrected chi connectivity index (χ2v) is 5.27. The van der Waals surface area contributed by atoms with Gasteiger partial charge in [-0.15, -0.1) is 0 Å². The molecule has 0 saturated carbocycles. The number of aryl methyl sites for hydroxylation is 1. The van der Waals surface area contributed by atoms with Crippen molar-refractivity contribution in [1.29, 1.82) is 0 Å². The summed E-state index contributed by atoms with van der Waals surface area (Å²) < 4.78 is 5.39. The molecule has 4 nitrogen and oxygen atoms in total. The SMILES string of the molecule is COc1cc(C)c(C(C(O)CN)N(C)C)c(C)c1C. The summed E-state index contributed by atoms with van der Waals surface area (Å²) in [6.07, 6.45) is -0.583. The Hall–Kier alpha value is -1.10. The number of ether oxygens (including phenoxy) is 1. The van der Waals surface area contributed by atoms with Crippen molar-refractivity contribution in [2.24, 2.45) is 5.73 Å². The Morgan fingerprint density at radius 1 is 1.26 bits per heavy atom. The van der Waals surface area contributed by atoms with E-state index in [1.165, 1.54) is 0 Å². The number of rotatable bonds is 5. The van der Waals surface area contributed by atoms with E-state index in [2.05, 4.69) is 6.92 Å². The highest BCUT2D eigenvalue weighted by molar-refractivity contribution is 5.49. The standard InChI is InChI=1S/C15H26N2O2/c1-9-7-13(19-6)10(2)11(3)14(9)15(17(4)5)12(18)8-16/h7,12,15,18H,8,16H2,1-6H3. The maximum absolute atomic E-state index is 10.2. The lowest BCUT2D eigenvalue weighted by Crippen LogP contribution is -2.37. The monoisotopic (exact) mass is 266 g/mol. The van der Waals surface area contributed by atoms with Crippen LogP contribution in [0, 0.1) is 20.8 Å². The van der Waals surface area contributed by atoms with E-state index >= 15 is 0 Å². The molecular formula is C15H26N2O2. The second-order valence-electron chi connectivity index (χ2n) is 5.27. The topological polar surface area (TPSA) is 58.7 Å². The molecule has 0 heterocycles. The summed E-state index contributed by atoms with van der Waals surface area (Å²) in [5.41, 5.74) is 10.2. The summed E-state index contributed by atoms with van der Waals surface area (Å²) in [6, 6.07) is 1.92. The first-order chi connectivity index (χ1) is 8.84. The van der Waals surface area contributed by atoms with Gasteiger partial charge >= 0.3 is 0 Å². The fourth-order valence-corrected chi connectivity index (χ4v) is 2.66. The average molecular weight is 266 g/mol. The summed E-state index contributed by atoms with van der Waals surface area (Å²) in [5.74, 6) is 0.887. The predicted octanol–water partition coefficient (Wildman–Crippen LogP) is 1.54. The van der Waals surface area contributed by atoms with Crippen LogP contribution >= 0.6 is 0 Å². The third-order valence-corrected chi connectivity index (χ3v) is 3.79. The molecule has 0 aromatic heterocycles. The molecule has 2 atom stereocenters. The number of nitrogens with zero attached hydrogens (tertiary/aromatic N) is 1. The molecule has 0 bridgehead atoms. The number of benzene rings is 1. The van der Waals surface area contributed by atoms with Crippen molar-refractivity contribution in [3.05, 3.63) is 28.3 Å². The van der Waals surface area contributed by atoms with Crippen LogP contribution in [-0.2, 0) is 0 Å². The maximum atomic E-state index is 10.2. The van der Waals surface area contributed by atoms with Gasteiger partial charge in [0.2, 0.25) is 0 Å². The Kier molecular flexibility index (Phi) is 5.35. The van der Waals surface area contributed by atoms with E-state index in [9.17, 15) is 5.11 Å². The quantitative estimate of drug-likeness (QED) is 0.849. The minimum atomic E-state index is -0.583. The Morgan fingerprint density at radius 3 is 2.26 bits per heavy atom. The van der Waals surface area contributed by atoms with Crippen LogP contribution in [0.1, 0.15) is 28.3 Å². The van der Waals surface area contributed by atoms with Crippen molar-refractivity contribution in [3.63, 3.8) is 0 Å². The highest BCUT2D eigenvalue weighted by Gasteiger charge is 2.26. The molecular weight excluding hydrogens is 240 g/mol. The number of hydrogen-bond acceptors (Lipinski definition) is 4. The first kappa shape index (κ1) is 16.0. The van der Waals surface area contributed by atoms with Crippen LogP contribution in [0.5, 0.6) is 5.75 Å². The molecule has 0 spiro atoms. The molecule has 0 radical (unpaired) electrons. The first-order valence-electron chi connectivity index (χ1n) is 6.54. The molecule has 0 aliphatic carbocycles. The zero-order chi connectivity index (χ0) is 14.7. The molecule has 2 unspecified atom stereocenters. The fraction of sp³-hybridized carbons (Fsp3) is 0.600. The normalized spacial score (nSPS) is 14.6. The van der Waals surface area contributed by atoms with Gasteiger partial charge in [0.05, 0.1) is 19.3 Å². The van der Waals surface area contributed by atoms with Gasteiger partial charge in [0.15, 0.2) is 0 Å². The second kappa shape index (κ2) is 6.37. The average Bonchev–Trinajstić information content (AvgIpc) is 2.37. The Labute approximate surface area is 116 Å². The lowest BCUT2D eigenvalue weighted by atomic mass is 9.89. The van der Waals surface area contributed by atoms with Crippen LogP contribution in [0.25, 0.3) is 0 Å². The molecule has 1 aromatic rings. The lowest BCUT2D eigenvalue weighted by Gasteiger charge is -2.32. The molecule has 108 valence electrons. The summed E-state index contributed by atoms with van der Waals surface area (Å²) in [4.78, 5) is 2.01. The minimum absolute atomic E-state index is 0.102. The summed E-state index contributed by atoms with van der Waals surface area (Å²) in [5, 5.41) is 10.2. The summed E-state index contributed by atoms with van der Waals surface area (Å²) in [7, 11) is 5.60. The molecule has 0 aliphatic heterocycles. The zero-order valence-corrected chi connectivity index (χ0v) is 12.8. The molecule has 0 amide bonds. The molecule has 0 aliphatic rings. The highest BCUT2D eigenvalue weighted by atomic mass is 16.5. The van der Waals surface area contributed by atoms with Crippen molar-refractivity contribution in [2.75, 3.05) is 27.7 Å². The summed E-state index contributed by atoms with van der Waals surface area (Å²) in [6.45, 7) is 6.40. The van der Waals surface area contributed by atoms with Crippen molar-refractivity contribution in [1.82, 2.24) is 4.90 Å². The number of hydrogen-bond donors (Lipinski definition) is 2. The highest BCUT2D eigenvalue weighted by Crippen LogP contribution is 2.34. The van der Waals surface area contributed by atoms with Crippen LogP contribution in [0.4, 0.5) is 0 Å². The van der Waals surface area contributed by atoms with E-state index in [0.29, 0.717) is 0 Å². The number of nitrogens with two attached hydrogens (primary N) is 1. The van der Waals surface area contributed by atoms with Crippen LogP contribution in [0.3, 0.4) is 0 Å². The van der Waals surface area contributed by atoms with E-state index in [1.807, 2.05) is 38.9 Å². The molecule has 1 aromatic carbocycles.